The number of hydrogen-bond acceptors (Lipinski definition) is 5. The van der Waals surface area contributed by atoms with Gasteiger partial charge in [0.25, 0.3) is 0 Å². The topological polar surface area (TPSA) is 60.2 Å². The van der Waals surface area contributed by atoms with Crippen molar-refractivity contribution >= 4 is 23.3 Å². The molecule has 4 nitrogen and oxygen atoms in total. The van der Waals surface area contributed by atoms with Gasteiger partial charge in [0.05, 0.1) is 12.3 Å². The summed E-state index contributed by atoms with van der Waals surface area (Å²) >= 11 is 1.95. The van der Waals surface area contributed by atoms with E-state index < -0.39 is 0 Å². The zero-order valence-electron chi connectivity index (χ0n) is 12.4. The van der Waals surface area contributed by atoms with Crippen LogP contribution in [0.2, 0.25) is 0 Å². The molecule has 1 saturated carbocycles. The zero-order chi connectivity index (χ0) is 14.4. The Balaban J connectivity index is 2.04. The summed E-state index contributed by atoms with van der Waals surface area (Å²) in [7, 11) is 0. The Morgan fingerprint density at radius 2 is 2.20 bits per heavy atom. The number of thioether (sulfide) groups is 1. The number of nitrogens with one attached hydrogen (secondary N) is 1. The first-order valence-corrected chi connectivity index (χ1v) is 8.72. The smallest absolute Gasteiger partial charge is 0.239 e. The molecule has 1 heterocycles. The third kappa shape index (κ3) is 3.95. The van der Waals surface area contributed by atoms with Gasteiger partial charge in [-0.25, -0.2) is 0 Å². The SMILES string of the molecule is CCCOc1nc(NC2CCCCC2SC)ccc1N. The number of pyridine rings is 1. The quantitative estimate of drug-likeness (QED) is 0.840. The van der Waals surface area contributed by atoms with Gasteiger partial charge in [0.2, 0.25) is 5.88 Å². The van der Waals surface area contributed by atoms with Crippen LogP contribution in [0.15, 0.2) is 12.1 Å². The molecule has 2 unspecified atom stereocenters. The summed E-state index contributed by atoms with van der Waals surface area (Å²) in [6.07, 6.45) is 8.27. The average molecular weight is 295 g/mol. The second-order valence-electron chi connectivity index (χ2n) is 5.25. The fraction of sp³-hybridized carbons (Fsp3) is 0.667. The molecule has 0 radical (unpaired) electrons. The molecule has 2 rings (SSSR count). The van der Waals surface area contributed by atoms with Gasteiger partial charge in [-0.05, 0) is 37.7 Å². The number of ether oxygens (including phenoxy) is 1. The highest BCUT2D eigenvalue weighted by Crippen LogP contribution is 2.30. The molecule has 5 heteroatoms. The van der Waals surface area contributed by atoms with Crippen LogP contribution in [0.25, 0.3) is 0 Å². The Hall–Kier alpha value is -1.10. The molecule has 112 valence electrons. The molecule has 2 atom stereocenters. The zero-order valence-corrected chi connectivity index (χ0v) is 13.2. The molecule has 1 aromatic heterocycles. The minimum absolute atomic E-state index is 0.494. The van der Waals surface area contributed by atoms with Crippen molar-refractivity contribution in [1.82, 2.24) is 4.98 Å². The number of nitrogens with zero attached hydrogens (tertiary/aromatic N) is 1. The second-order valence-corrected chi connectivity index (χ2v) is 6.33. The highest BCUT2D eigenvalue weighted by Gasteiger charge is 2.24. The molecular weight excluding hydrogens is 270 g/mol. The van der Waals surface area contributed by atoms with Crippen molar-refractivity contribution in [3.05, 3.63) is 12.1 Å². The van der Waals surface area contributed by atoms with Crippen LogP contribution in [-0.2, 0) is 0 Å². The van der Waals surface area contributed by atoms with Crippen molar-refractivity contribution in [2.45, 2.75) is 50.3 Å². The number of aromatic nitrogens is 1. The molecule has 0 bridgehead atoms. The highest BCUT2D eigenvalue weighted by atomic mass is 32.2. The van der Waals surface area contributed by atoms with E-state index in [1.54, 1.807) is 0 Å². The van der Waals surface area contributed by atoms with E-state index in [1.807, 2.05) is 23.9 Å². The lowest BCUT2D eigenvalue weighted by Gasteiger charge is -2.31. The summed E-state index contributed by atoms with van der Waals surface area (Å²) in [6, 6.07) is 4.31. The van der Waals surface area contributed by atoms with E-state index in [1.165, 1.54) is 25.7 Å². The Morgan fingerprint density at radius 3 is 2.95 bits per heavy atom. The van der Waals surface area contributed by atoms with Gasteiger partial charge >= 0.3 is 0 Å². The summed E-state index contributed by atoms with van der Waals surface area (Å²) in [5, 5.41) is 4.23. The van der Waals surface area contributed by atoms with Crippen molar-refractivity contribution in [3.8, 4) is 5.88 Å². The molecule has 1 aliphatic rings. The van der Waals surface area contributed by atoms with Crippen molar-refractivity contribution in [2.75, 3.05) is 23.9 Å². The van der Waals surface area contributed by atoms with Crippen LogP contribution in [0.3, 0.4) is 0 Å². The summed E-state index contributed by atoms with van der Waals surface area (Å²) in [5.41, 5.74) is 6.50. The van der Waals surface area contributed by atoms with Gasteiger partial charge in [-0.15, -0.1) is 0 Å². The van der Waals surface area contributed by atoms with E-state index in [2.05, 4.69) is 23.5 Å². The standard InChI is InChI=1S/C15H25N3OS/c1-3-10-19-15-11(16)8-9-14(18-15)17-12-6-4-5-7-13(12)20-2/h8-9,12-13H,3-7,10,16H2,1-2H3,(H,17,18). The Bertz CT molecular complexity index is 428. The molecule has 0 aromatic carbocycles. The Kier molecular flexibility index (Phi) is 5.83. The van der Waals surface area contributed by atoms with Crippen molar-refractivity contribution < 1.29 is 4.74 Å². The largest absolute Gasteiger partial charge is 0.476 e. The minimum atomic E-state index is 0.494. The van der Waals surface area contributed by atoms with Gasteiger partial charge in [-0.1, -0.05) is 19.8 Å². The van der Waals surface area contributed by atoms with E-state index in [-0.39, 0.29) is 0 Å². The van der Waals surface area contributed by atoms with Crippen molar-refractivity contribution in [1.29, 1.82) is 0 Å². The van der Waals surface area contributed by atoms with E-state index in [4.69, 9.17) is 10.5 Å². The van der Waals surface area contributed by atoms with Gasteiger partial charge in [0.1, 0.15) is 5.82 Å². The van der Waals surface area contributed by atoms with E-state index in [0.29, 0.717) is 29.5 Å². The lowest BCUT2D eigenvalue weighted by Crippen LogP contribution is -2.34. The average Bonchev–Trinajstić information content (AvgIpc) is 2.48. The van der Waals surface area contributed by atoms with E-state index in [9.17, 15) is 0 Å². The highest BCUT2D eigenvalue weighted by molar-refractivity contribution is 7.99. The number of hydrogen-bond donors (Lipinski definition) is 2. The first-order valence-electron chi connectivity index (χ1n) is 7.43. The van der Waals surface area contributed by atoms with Crippen LogP contribution in [-0.4, -0.2) is 29.1 Å². The molecule has 1 aromatic rings. The Morgan fingerprint density at radius 1 is 1.40 bits per heavy atom. The Labute approximate surface area is 125 Å². The lowest BCUT2D eigenvalue weighted by molar-refractivity contribution is 0.307. The molecule has 0 saturated heterocycles. The van der Waals surface area contributed by atoms with Gasteiger partial charge in [0, 0.05) is 11.3 Å². The van der Waals surface area contributed by atoms with Crippen LogP contribution in [0.4, 0.5) is 11.5 Å². The molecule has 0 spiro atoms. The predicted molar refractivity (Wildman–Crippen MR) is 87.6 cm³/mol. The molecule has 3 N–H and O–H groups in total. The first-order chi connectivity index (χ1) is 9.74. The molecule has 0 amide bonds. The van der Waals surface area contributed by atoms with Gasteiger partial charge < -0.3 is 15.8 Å². The third-order valence-electron chi connectivity index (χ3n) is 3.67. The maximum atomic E-state index is 5.90. The second kappa shape index (κ2) is 7.62. The van der Waals surface area contributed by atoms with Gasteiger partial charge in [-0.3, -0.25) is 0 Å². The van der Waals surface area contributed by atoms with Gasteiger partial charge in [0.15, 0.2) is 0 Å². The monoisotopic (exact) mass is 295 g/mol. The normalized spacial score (nSPS) is 22.5. The summed E-state index contributed by atoms with van der Waals surface area (Å²) in [5.74, 6) is 1.42. The minimum Gasteiger partial charge on any atom is -0.476 e. The van der Waals surface area contributed by atoms with E-state index in [0.717, 1.165) is 12.2 Å². The number of nitrogens with two attached hydrogens (primary N) is 1. The third-order valence-corrected chi connectivity index (χ3v) is 4.84. The number of anilines is 2. The summed E-state index contributed by atoms with van der Waals surface area (Å²) in [4.78, 5) is 4.51. The van der Waals surface area contributed by atoms with Crippen LogP contribution in [0.1, 0.15) is 39.0 Å². The van der Waals surface area contributed by atoms with Crippen molar-refractivity contribution in [3.63, 3.8) is 0 Å². The predicted octanol–water partition coefficient (Wildman–Crippen LogP) is 3.54. The number of rotatable bonds is 6. The lowest BCUT2D eigenvalue weighted by atomic mass is 9.95. The molecule has 0 aliphatic heterocycles. The van der Waals surface area contributed by atoms with Gasteiger partial charge in [-0.2, -0.15) is 16.7 Å². The number of nitrogen functional groups attached to an aromatic ring is 1. The van der Waals surface area contributed by atoms with Crippen LogP contribution >= 0.6 is 11.8 Å². The molecular formula is C15H25N3OS. The molecule has 1 fully saturated rings. The summed E-state index contributed by atoms with van der Waals surface area (Å²) < 4.78 is 5.59. The summed E-state index contributed by atoms with van der Waals surface area (Å²) in [6.45, 7) is 2.72. The van der Waals surface area contributed by atoms with Crippen LogP contribution < -0.4 is 15.8 Å². The maximum absolute atomic E-state index is 5.90. The van der Waals surface area contributed by atoms with Crippen LogP contribution in [0, 0.1) is 0 Å². The fourth-order valence-corrected chi connectivity index (χ4v) is 3.52. The van der Waals surface area contributed by atoms with Crippen LogP contribution in [0.5, 0.6) is 5.88 Å². The van der Waals surface area contributed by atoms with Crippen molar-refractivity contribution in [2.24, 2.45) is 0 Å². The van der Waals surface area contributed by atoms with E-state index >= 15 is 0 Å². The molecule has 20 heavy (non-hydrogen) atoms. The molecule has 1 aliphatic carbocycles. The fourth-order valence-electron chi connectivity index (χ4n) is 2.58. The first kappa shape index (κ1) is 15.3. The maximum Gasteiger partial charge on any atom is 0.239 e.